The van der Waals surface area contributed by atoms with Crippen LogP contribution in [0, 0.1) is 29.6 Å². The van der Waals surface area contributed by atoms with E-state index in [-0.39, 0.29) is 91.6 Å². The predicted molar refractivity (Wildman–Crippen MR) is 309 cm³/mol. The Balaban J connectivity index is 0.985. The monoisotopic (exact) mass is 1080 g/mol. The average molecular weight is 1080 g/mol. The molecule has 424 valence electrons. The molecule has 2 heterocycles. The lowest BCUT2D eigenvalue weighted by Crippen LogP contribution is -2.56. The minimum Gasteiger partial charge on any atom is -0.391 e. The molecule has 4 fully saturated rings. The molecule has 2 saturated carbocycles. The highest BCUT2D eigenvalue weighted by Crippen LogP contribution is 2.36. The van der Waals surface area contributed by atoms with Crippen LogP contribution in [0.3, 0.4) is 0 Å². The Hall–Kier alpha value is -6.18. The molecule has 2 saturated heterocycles. The van der Waals surface area contributed by atoms with Gasteiger partial charge >= 0.3 is 0 Å². The summed E-state index contributed by atoms with van der Waals surface area (Å²) >= 11 is 0. The zero-order valence-electron chi connectivity index (χ0n) is 47.4. The summed E-state index contributed by atoms with van der Waals surface area (Å²) < 4.78 is 0. The molecule has 4 aliphatic rings. The molecule has 2 aliphatic carbocycles. The summed E-state index contributed by atoms with van der Waals surface area (Å²) in [4.78, 5) is 92.4. The summed E-state index contributed by atoms with van der Waals surface area (Å²) in [6, 6.07) is 33.3. The zero-order valence-corrected chi connectivity index (χ0v) is 47.4. The van der Waals surface area contributed by atoms with Gasteiger partial charge in [0, 0.05) is 74.6 Å². The summed E-state index contributed by atoms with van der Waals surface area (Å²) in [6.45, 7) is 9.20. The fourth-order valence-corrected chi connectivity index (χ4v) is 12.7. The van der Waals surface area contributed by atoms with E-state index in [0.717, 1.165) is 86.5 Å². The van der Waals surface area contributed by atoms with Gasteiger partial charge < -0.3 is 35.1 Å². The van der Waals surface area contributed by atoms with Gasteiger partial charge in [-0.1, -0.05) is 151 Å². The minimum atomic E-state index is -0.755. The zero-order chi connectivity index (χ0) is 56.0. The highest BCUT2D eigenvalue weighted by molar-refractivity contribution is 5.96. The quantitative estimate of drug-likeness (QED) is 0.0660. The summed E-state index contributed by atoms with van der Waals surface area (Å²) in [5.74, 6) is -1.40. The van der Waals surface area contributed by atoms with Crippen LogP contribution in [0.25, 0.3) is 11.1 Å². The summed E-state index contributed by atoms with van der Waals surface area (Å²) in [5, 5.41) is 25.4. The lowest BCUT2D eigenvalue weighted by molar-refractivity contribution is -0.142. The van der Waals surface area contributed by atoms with E-state index in [4.69, 9.17) is 0 Å². The molecule has 5 amide bonds. The number of hydrogen-bond donors (Lipinski definition) is 3. The number of nitrogens with zero attached hydrogens (tertiary/aromatic N) is 4. The van der Waals surface area contributed by atoms with Crippen molar-refractivity contribution < 1.29 is 39.0 Å². The van der Waals surface area contributed by atoms with E-state index in [1.54, 1.807) is 14.7 Å². The van der Waals surface area contributed by atoms with Crippen LogP contribution >= 0.6 is 0 Å². The van der Waals surface area contributed by atoms with Crippen molar-refractivity contribution in [1.29, 1.82) is 0 Å². The van der Waals surface area contributed by atoms with Gasteiger partial charge in [0.05, 0.1) is 24.3 Å². The van der Waals surface area contributed by atoms with Crippen LogP contribution in [0.5, 0.6) is 0 Å². The summed E-state index contributed by atoms with van der Waals surface area (Å²) in [6.07, 6.45) is 11.1. The smallest absolute Gasteiger partial charge is 0.253 e. The topological polar surface area (TPSA) is 168 Å². The Bertz CT molecular complexity index is 2630. The van der Waals surface area contributed by atoms with E-state index in [2.05, 4.69) is 5.32 Å². The van der Waals surface area contributed by atoms with Crippen LogP contribution in [0.2, 0.25) is 0 Å². The fourth-order valence-electron chi connectivity index (χ4n) is 12.7. The summed E-state index contributed by atoms with van der Waals surface area (Å²) in [5.41, 5.74) is 4.84. The third-order valence-corrected chi connectivity index (χ3v) is 17.8. The summed E-state index contributed by atoms with van der Waals surface area (Å²) in [7, 11) is 0. The Morgan fingerprint density at radius 1 is 0.570 bits per heavy atom. The van der Waals surface area contributed by atoms with Crippen LogP contribution in [0.1, 0.15) is 149 Å². The van der Waals surface area contributed by atoms with Gasteiger partial charge in [-0.3, -0.25) is 28.8 Å². The van der Waals surface area contributed by atoms with Crippen LogP contribution in [0.15, 0.2) is 109 Å². The molecule has 13 nitrogen and oxygen atoms in total. The minimum absolute atomic E-state index is 0.0129. The maximum Gasteiger partial charge on any atom is 0.253 e. The Morgan fingerprint density at radius 2 is 1.00 bits per heavy atom. The molecule has 2 aliphatic heterocycles. The van der Waals surface area contributed by atoms with E-state index >= 15 is 0 Å². The third-order valence-electron chi connectivity index (χ3n) is 17.8. The normalized spacial score (nSPS) is 21.1. The van der Waals surface area contributed by atoms with Crippen molar-refractivity contribution in [3.8, 4) is 11.1 Å². The van der Waals surface area contributed by atoms with Crippen molar-refractivity contribution in [1.82, 2.24) is 24.9 Å². The molecule has 0 radical (unpaired) electrons. The second kappa shape index (κ2) is 28.3. The van der Waals surface area contributed by atoms with Crippen LogP contribution in [-0.2, 0) is 32.0 Å². The molecule has 13 heteroatoms. The molecule has 0 aromatic heterocycles. The van der Waals surface area contributed by atoms with Crippen molar-refractivity contribution in [2.75, 3.05) is 39.3 Å². The number of aliphatic hydroxyl groups is 2. The molecule has 8 rings (SSSR count). The van der Waals surface area contributed by atoms with Crippen LogP contribution < -0.4 is 5.32 Å². The number of benzene rings is 4. The number of aliphatic hydroxyl groups excluding tert-OH is 2. The molecule has 7 atom stereocenters. The number of carbonyl (C=O) groups is 6. The van der Waals surface area contributed by atoms with Gasteiger partial charge in [0.15, 0.2) is 0 Å². The van der Waals surface area contributed by atoms with Gasteiger partial charge in [0.2, 0.25) is 17.7 Å². The largest absolute Gasteiger partial charge is 0.391 e. The number of nitrogens with one attached hydrogen (secondary N) is 1. The second-order valence-corrected chi connectivity index (χ2v) is 23.7. The first-order valence-electron chi connectivity index (χ1n) is 29.8. The lowest BCUT2D eigenvalue weighted by Gasteiger charge is -2.36. The third kappa shape index (κ3) is 15.6. The molecular weight excluding hydrogens is 991 g/mol. The van der Waals surface area contributed by atoms with Gasteiger partial charge in [0.1, 0.15) is 11.8 Å². The predicted octanol–water partition coefficient (Wildman–Crippen LogP) is 9.57. The molecule has 79 heavy (non-hydrogen) atoms. The standard InChI is InChI=1S/C66H87N5O8/c1-5-46(4)62(75)67-61(52-24-16-9-17-25-52)66(79)71-44-58(73)39-56(71)42-69(37-35-48-20-12-7-13-21-48)64(77)54-32-28-50(29-33-54)49-26-30-53(31-27-49)63(76)68(36-34-47-18-10-6-11-19-47)41-55-38-57(72)43-70(55)65(78)59(40-60(74)45(2)3)51-22-14-8-15-23-51/h6-7,10-13,18-21,26-33,45-46,51-52,55-59,61,72-73H,5,8-9,14-17,22-25,34-44H2,1-4H3,(H,67,75)/t46-,55+,56+,57+,58+,59+,61+/m1/s1. The maximum atomic E-state index is 14.7. The number of rotatable bonds is 23. The van der Waals surface area contributed by atoms with Crippen molar-refractivity contribution in [2.45, 2.75) is 161 Å². The van der Waals surface area contributed by atoms with Crippen molar-refractivity contribution in [3.05, 3.63) is 131 Å². The molecule has 3 N–H and O–H groups in total. The number of carbonyl (C=O) groups excluding carboxylic acids is 6. The molecular formula is C66H87N5O8. The van der Waals surface area contributed by atoms with E-state index in [1.807, 2.05) is 142 Å². The number of Topliss-reactive ketones (excluding diaryl/α,β-unsaturated/α-hetero) is 1. The van der Waals surface area contributed by atoms with Gasteiger partial charge in [0.25, 0.3) is 11.8 Å². The van der Waals surface area contributed by atoms with E-state index in [9.17, 15) is 39.0 Å². The number of β-amino-alcohol motifs (C(OH)–C–C–N with tert-alkyl or cyclic N) is 2. The Labute approximate surface area is 469 Å². The van der Waals surface area contributed by atoms with Crippen molar-refractivity contribution in [3.63, 3.8) is 0 Å². The molecule has 4 aromatic carbocycles. The molecule has 0 bridgehead atoms. The maximum absolute atomic E-state index is 14.7. The number of ketones is 1. The number of amides is 5. The van der Waals surface area contributed by atoms with E-state index < -0.39 is 36.3 Å². The first kappa shape index (κ1) is 59.0. The number of hydrogen-bond acceptors (Lipinski definition) is 8. The van der Waals surface area contributed by atoms with E-state index in [0.29, 0.717) is 56.3 Å². The lowest BCUT2D eigenvalue weighted by atomic mass is 9.76. The highest BCUT2D eigenvalue weighted by atomic mass is 16.3. The Morgan fingerprint density at radius 3 is 1.43 bits per heavy atom. The van der Waals surface area contributed by atoms with Crippen molar-refractivity contribution in [2.24, 2.45) is 29.6 Å². The Kier molecular flexibility index (Phi) is 21.1. The van der Waals surface area contributed by atoms with Gasteiger partial charge in [-0.2, -0.15) is 0 Å². The van der Waals surface area contributed by atoms with Crippen LogP contribution in [-0.4, -0.2) is 135 Å². The van der Waals surface area contributed by atoms with Gasteiger partial charge in [-0.15, -0.1) is 0 Å². The second-order valence-electron chi connectivity index (χ2n) is 23.7. The van der Waals surface area contributed by atoms with Crippen LogP contribution in [0.4, 0.5) is 0 Å². The van der Waals surface area contributed by atoms with Crippen molar-refractivity contribution >= 4 is 35.3 Å². The van der Waals surface area contributed by atoms with E-state index in [1.165, 1.54) is 0 Å². The molecule has 4 aromatic rings. The molecule has 0 unspecified atom stereocenters. The fraction of sp³-hybridized carbons (Fsp3) is 0.545. The average Bonchev–Trinajstić information content (AvgIpc) is 4.14. The first-order valence-corrected chi connectivity index (χ1v) is 29.8. The highest BCUT2D eigenvalue weighted by Gasteiger charge is 2.44. The van der Waals surface area contributed by atoms with Gasteiger partial charge in [-0.25, -0.2) is 0 Å². The van der Waals surface area contributed by atoms with Gasteiger partial charge in [-0.05, 0) is 116 Å². The number of likely N-dealkylation sites (tertiary alicyclic amines) is 2. The molecule has 0 spiro atoms. The first-order chi connectivity index (χ1) is 38.2. The SMILES string of the molecule is CC[C@@H](C)C(=O)N[C@H](C(=O)N1C[C@@H](O)C[C@H]1CN(CCc1ccccc1)C(=O)c1ccc(-c2ccc(C(=O)N(CCc3ccccc3)C[C@@H]3C[C@H](O)CN3C(=O)[C@@H](CC(=O)C(C)C)C3CCCCC3)cc2)cc1)C1CCCCC1.